The molecular formula is C26H30N4O4. The maximum Gasteiger partial charge on any atom is 0.251 e. The van der Waals surface area contributed by atoms with Crippen LogP contribution in [-0.2, 0) is 16.0 Å². The lowest BCUT2D eigenvalue weighted by atomic mass is 9.84. The number of piperidine rings is 2. The Morgan fingerprint density at radius 2 is 1.68 bits per heavy atom. The minimum Gasteiger partial charge on any atom is -0.343 e. The summed E-state index contributed by atoms with van der Waals surface area (Å²) in [6, 6.07) is 14.3. The monoisotopic (exact) mass is 462 g/mol. The van der Waals surface area contributed by atoms with Crippen molar-refractivity contribution in [3.05, 3.63) is 70.1 Å². The second kappa shape index (κ2) is 9.44. The number of likely N-dealkylation sites (tertiary alicyclic amines) is 2. The Morgan fingerprint density at radius 3 is 2.44 bits per heavy atom. The van der Waals surface area contributed by atoms with E-state index in [1.807, 2.05) is 27.7 Å². The highest BCUT2D eigenvalue weighted by Gasteiger charge is 2.38. The molecule has 34 heavy (non-hydrogen) atoms. The fourth-order valence-corrected chi connectivity index (χ4v) is 5.70. The summed E-state index contributed by atoms with van der Waals surface area (Å²) in [4.78, 5) is 54.2. The van der Waals surface area contributed by atoms with Crippen LogP contribution in [0.1, 0.15) is 41.4 Å². The van der Waals surface area contributed by atoms with Crippen LogP contribution in [0.25, 0.3) is 0 Å². The number of aromatic nitrogens is 1. The van der Waals surface area contributed by atoms with Crippen LogP contribution in [0.3, 0.4) is 0 Å². The summed E-state index contributed by atoms with van der Waals surface area (Å²) in [6.45, 7) is 2.30. The van der Waals surface area contributed by atoms with Crippen LogP contribution < -0.4 is 10.9 Å². The molecule has 0 aliphatic carbocycles. The Kier molecular flexibility index (Phi) is 6.22. The van der Waals surface area contributed by atoms with Crippen molar-refractivity contribution >= 4 is 17.7 Å². The molecule has 0 saturated carbocycles. The third-order valence-corrected chi connectivity index (χ3v) is 7.40. The molecule has 2 aromatic rings. The highest BCUT2D eigenvalue weighted by Crippen LogP contribution is 2.34. The lowest BCUT2D eigenvalue weighted by Gasteiger charge is -2.44. The number of rotatable bonds is 4. The molecule has 2 fully saturated rings. The zero-order valence-electron chi connectivity index (χ0n) is 19.2. The summed E-state index contributed by atoms with van der Waals surface area (Å²) in [5.74, 6) is 0.0359. The molecule has 3 aliphatic heterocycles. The third kappa shape index (κ3) is 4.49. The molecular weight excluding hydrogens is 432 g/mol. The van der Waals surface area contributed by atoms with Crippen LogP contribution in [-0.4, -0.2) is 64.8 Å². The molecule has 3 amide bonds. The normalized spacial score (nSPS) is 22.1. The smallest absolute Gasteiger partial charge is 0.251 e. The van der Waals surface area contributed by atoms with Gasteiger partial charge in [0.25, 0.3) is 11.5 Å². The molecule has 5 rings (SSSR count). The minimum absolute atomic E-state index is 0.0152. The Labute approximate surface area is 198 Å². The van der Waals surface area contributed by atoms with E-state index in [2.05, 4.69) is 5.32 Å². The van der Waals surface area contributed by atoms with Crippen LogP contribution in [0.5, 0.6) is 0 Å². The van der Waals surface area contributed by atoms with Gasteiger partial charge in [-0.15, -0.1) is 0 Å². The molecule has 178 valence electrons. The molecule has 8 nitrogen and oxygen atoms in total. The van der Waals surface area contributed by atoms with E-state index in [-0.39, 0.29) is 41.8 Å². The second-order valence-electron chi connectivity index (χ2n) is 9.63. The molecule has 4 heterocycles. The molecule has 3 aliphatic rings. The number of hydrogen-bond acceptors (Lipinski definition) is 4. The maximum atomic E-state index is 13.3. The molecule has 1 aromatic heterocycles. The zero-order valence-corrected chi connectivity index (χ0v) is 19.2. The fourth-order valence-electron chi connectivity index (χ4n) is 5.70. The average molecular weight is 463 g/mol. The Hall–Kier alpha value is -3.42. The second-order valence-corrected chi connectivity index (χ2v) is 9.63. The summed E-state index contributed by atoms with van der Waals surface area (Å²) in [5.41, 5.74) is 1.62. The summed E-state index contributed by atoms with van der Waals surface area (Å²) in [7, 11) is 0. The molecule has 2 atom stereocenters. The first-order valence-electron chi connectivity index (χ1n) is 12.1. The number of nitrogens with zero attached hydrogens (tertiary/aromatic N) is 3. The summed E-state index contributed by atoms with van der Waals surface area (Å²) in [5, 5.41) is 2.68. The molecule has 0 radical (unpaired) electrons. The van der Waals surface area contributed by atoms with Crippen LogP contribution in [0.4, 0.5) is 0 Å². The average Bonchev–Trinajstić information content (AvgIpc) is 2.87. The van der Waals surface area contributed by atoms with Gasteiger partial charge in [0, 0.05) is 49.4 Å². The number of carbonyl (C=O) groups excluding carboxylic acids is 3. The van der Waals surface area contributed by atoms with Gasteiger partial charge in [-0.25, -0.2) is 0 Å². The van der Waals surface area contributed by atoms with Crippen molar-refractivity contribution in [3.63, 3.8) is 0 Å². The number of nitrogens with one attached hydrogen (secondary N) is 1. The molecule has 0 unspecified atom stereocenters. The van der Waals surface area contributed by atoms with Gasteiger partial charge < -0.3 is 19.7 Å². The summed E-state index contributed by atoms with van der Waals surface area (Å²) >= 11 is 0. The number of fused-ring (bicyclic) bond motifs is 4. The van der Waals surface area contributed by atoms with Crippen molar-refractivity contribution in [2.75, 3.05) is 32.7 Å². The molecule has 1 aromatic carbocycles. The Balaban J connectivity index is 1.13. The first-order chi connectivity index (χ1) is 16.5. The Bertz CT molecular complexity index is 1140. The van der Waals surface area contributed by atoms with Gasteiger partial charge in [0.15, 0.2) is 0 Å². The SMILES string of the molecule is O=C(NCC(=O)N1CCC(C(=O)N2C[C@H]3Cc4cccc(=O)n4[C@@H](C3)C2)CC1)c1ccccc1. The van der Waals surface area contributed by atoms with E-state index >= 15 is 0 Å². The largest absolute Gasteiger partial charge is 0.343 e. The predicted octanol–water partition coefficient (Wildman–Crippen LogP) is 1.46. The van der Waals surface area contributed by atoms with E-state index in [1.165, 1.54) is 0 Å². The molecule has 0 spiro atoms. The van der Waals surface area contributed by atoms with Gasteiger partial charge in [-0.2, -0.15) is 0 Å². The number of pyridine rings is 1. The lowest BCUT2D eigenvalue weighted by Crippen LogP contribution is -2.53. The predicted molar refractivity (Wildman–Crippen MR) is 126 cm³/mol. The number of hydrogen-bond donors (Lipinski definition) is 1. The minimum atomic E-state index is -0.268. The first-order valence-corrected chi connectivity index (χ1v) is 12.1. The van der Waals surface area contributed by atoms with Gasteiger partial charge in [0.2, 0.25) is 11.8 Å². The number of benzene rings is 1. The molecule has 2 bridgehead atoms. The van der Waals surface area contributed by atoms with Crippen molar-refractivity contribution < 1.29 is 14.4 Å². The van der Waals surface area contributed by atoms with Crippen molar-refractivity contribution in [3.8, 4) is 0 Å². The van der Waals surface area contributed by atoms with Gasteiger partial charge in [-0.1, -0.05) is 24.3 Å². The number of amides is 3. The lowest BCUT2D eigenvalue weighted by molar-refractivity contribution is -0.142. The van der Waals surface area contributed by atoms with E-state index in [1.54, 1.807) is 35.2 Å². The van der Waals surface area contributed by atoms with Crippen LogP contribution in [0.2, 0.25) is 0 Å². The van der Waals surface area contributed by atoms with E-state index in [0.717, 1.165) is 25.1 Å². The highest BCUT2D eigenvalue weighted by molar-refractivity contribution is 5.96. The summed E-state index contributed by atoms with van der Waals surface area (Å²) in [6.07, 6.45) is 3.03. The zero-order chi connectivity index (χ0) is 23.7. The molecule has 1 N–H and O–H groups in total. The first kappa shape index (κ1) is 22.4. The van der Waals surface area contributed by atoms with Gasteiger partial charge >= 0.3 is 0 Å². The van der Waals surface area contributed by atoms with Gasteiger partial charge in [-0.3, -0.25) is 19.2 Å². The van der Waals surface area contributed by atoms with Crippen LogP contribution in [0.15, 0.2) is 53.3 Å². The van der Waals surface area contributed by atoms with E-state index in [0.29, 0.717) is 44.0 Å². The van der Waals surface area contributed by atoms with E-state index < -0.39 is 0 Å². The molecule has 2 saturated heterocycles. The standard InChI is InChI=1S/C26H30N4O4/c31-23-8-4-7-21-13-18-14-22(30(21)23)17-29(16-18)26(34)20-9-11-28(12-10-20)24(32)15-27-25(33)19-5-2-1-3-6-19/h1-8,18,20,22H,9-17H2,(H,27,33)/t18-,22-/m0/s1. The van der Waals surface area contributed by atoms with Gasteiger partial charge in [-0.05, 0) is 49.8 Å². The molecule has 8 heteroatoms. The van der Waals surface area contributed by atoms with E-state index in [4.69, 9.17) is 0 Å². The highest BCUT2D eigenvalue weighted by atomic mass is 16.2. The quantitative estimate of drug-likeness (QED) is 0.745. The fraction of sp³-hybridized carbons (Fsp3) is 0.462. The van der Waals surface area contributed by atoms with Crippen molar-refractivity contribution in [1.29, 1.82) is 0 Å². The maximum absolute atomic E-state index is 13.3. The summed E-state index contributed by atoms with van der Waals surface area (Å²) < 4.78 is 1.88. The van der Waals surface area contributed by atoms with Crippen molar-refractivity contribution in [1.82, 2.24) is 19.7 Å². The topological polar surface area (TPSA) is 91.7 Å². The Morgan fingerprint density at radius 1 is 0.912 bits per heavy atom. The van der Waals surface area contributed by atoms with Gasteiger partial charge in [0.1, 0.15) is 0 Å². The van der Waals surface area contributed by atoms with E-state index in [9.17, 15) is 19.2 Å². The number of carbonyl (C=O) groups is 3. The van der Waals surface area contributed by atoms with Crippen LogP contribution in [0, 0.1) is 11.8 Å². The third-order valence-electron chi connectivity index (χ3n) is 7.40. The van der Waals surface area contributed by atoms with Crippen LogP contribution >= 0.6 is 0 Å². The van der Waals surface area contributed by atoms with Crippen molar-refractivity contribution in [2.45, 2.75) is 31.7 Å². The van der Waals surface area contributed by atoms with Crippen molar-refractivity contribution in [2.24, 2.45) is 11.8 Å². The van der Waals surface area contributed by atoms with Gasteiger partial charge in [0.05, 0.1) is 12.6 Å².